The molecule has 58 heavy (non-hydrogen) atoms. The number of ketones is 2. The lowest BCUT2D eigenvalue weighted by molar-refractivity contribution is -0.171. The molecule has 2 aromatic carbocycles. The highest BCUT2D eigenvalue weighted by molar-refractivity contribution is 9.10. The third-order valence-corrected chi connectivity index (χ3v) is 10.2. The van der Waals surface area contributed by atoms with E-state index in [4.69, 9.17) is 30.2 Å². The van der Waals surface area contributed by atoms with Crippen molar-refractivity contribution in [1.29, 1.82) is 0 Å². The fourth-order valence-electron chi connectivity index (χ4n) is 5.55. The number of ether oxygens (including phenoxy) is 2. The molecule has 0 bridgehead atoms. The van der Waals surface area contributed by atoms with Crippen LogP contribution in [0, 0.1) is 0 Å². The van der Waals surface area contributed by atoms with Crippen LogP contribution in [0.4, 0.5) is 37.7 Å². The second-order valence-corrected chi connectivity index (χ2v) is 15.3. The molecule has 0 amide bonds. The summed E-state index contributed by atoms with van der Waals surface area (Å²) in [5.74, 6) is -2.46. The lowest BCUT2D eigenvalue weighted by atomic mass is 9.82. The van der Waals surface area contributed by atoms with Crippen LogP contribution in [0.1, 0.15) is 64.5 Å². The fourth-order valence-corrected chi connectivity index (χ4v) is 6.07. The van der Waals surface area contributed by atoms with Crippen LogP contribution < -0.4 is 26.4 Å². The number of hydrogen-bond acceptors (Lipinski definition) is 10. The van der Waals surface area contributed by atoms with Gasteiger partial charge in [0.1, 0.15) is 11.5 Å². The van der Waals surface area contributed by atoms with Crippen molar-refractivity contribution < 1.29 is 54.7 Å². The topological polar surface area (TPSA) is 159 Å². The minimum absolute atomic E-state index is 0.0807. The van der Waals surface area contributed by atoms with Crippen molar-refractivity contribution in [3.05, 3.63) is 64.7 Å². The molecule has 318 valence electrons. The van der Waals surface area contributed by atoms with Gasteiger partial charge in [-0.2, -0.15) is 36.5 Å². The molecular formula is C38H48BBrF6N6O6. The number of aryl methyl sites for hydroxylation is 4. The number of nitrogen functional groups attached to an aromatic ring is 2. The summed E-state index contributed by atoms with van der Waals surface area (Å²) in [5.41, 5.74) is 15.9. The number of carbonyl (C=O) groups is 2. The Balaban J connectivity index is 0.000000239. The number of hydrogen-bond donors (Lipinski definition) is 2. The maximum absolute atomic E-state index is 12.3. The molecule has 3 heterocycles. The van der Waals surface area contributed by atoms with Crippen LogP contribution in [-0.4, -0.2) is 76.0 Å². The van der Waals surface area contributed by atoms with Crippen LogP contribution in [0.25, 0.3) is 11.1 Å². The Bertz CT molecular complexity index is 2020. The Kier molecular flexibility index (Phi) is 16.0. The summed E-state index contributed by atoms with van der Waals surface area (Å²) in [6.07, 6.45) is -2.67. The summed E-state index contributed by atoms with van der Waals surface area (Å²) in [4.78, 5) is 21.7. The normalized spacial score (nSPS) is 14.6. The van der Waals surface area contributed by atoms with Gasteiger partial charge in [0, 0.05) is 61.0 Å². The van der Waals surface area contributed by atoms with Crippen LogP contribution in [0.2, 0.25) is 0 Å². The molecule has 0 aliphatic carbocycles. The minimum Gasteiger partial charge on any atom is -0.495 e. The summed E-state index contributed by atoms with van der Waals surface area (Å²) in [6.45, 7) is 8.18. The zero-order chi connectivity index (χ0) is 43.8. The minimum atomic E-state index is -4.79. The molecule has 5 rings (SSSR count). The average Bonchev–Trinajstić information content (AvgIpc) is 3.81. The highest BCUT2D eigenvalue weighted by Crippen LogP contribution is 2.37. The number of anilines is 2. The van der Waals surface area contributed by atoms with Gasteiger partial charge in [-0.05, 0) is 94.3 Å². The van der Waals surface area contributed by atoms with Gasteiger partial charge in [-0.3, -0.25) is 19.0 Å². The first kappa shape index (κ1) is 47.8. The van der Waals surface area contributed by atoms with E-state index in [1.165, 1.54) is 14.2 Å². The molecule has 20 heteroatoms. The number of carbonyl (C=O) groups excluding carboxylic acids is 2. The molecule has 1 aliphatic heterocycles. The van der Waals surface area contributed by atoms with E-state index in [2.05, 4.69) is 26.1 Å². The van der Waals surface area contributed by atoms with Crippen molar-refractivity contribution in [1.82, 2.24) is 19.6 Å². The molecule has 0 radical (unpaired) electrons. The maximum atomic E-state index is 12.3. The standard InChI is InChI=1S/C16H18F3N3O2.C12H13BrF3NO2.C10H17BN2O2/c1-22-9-11(8-21-22)12-7-14(24-2)13(20)6-10(12)4-3-5-15(23)16(17,18)19;1-19-10-6-8(13)7(5-9(10)17)3-2-4-11(18)12(14,15)16;1-9(2)10(3,4)15-11(14-9)8-6-12-13(5)7-8/h6-9H,3-5,20H2,1-2H3;5-6H,2-4,17H2,1H3;6-7H,1-5H3. The quantitative estimate of drug-likeness (QED) is 0.0838. The molecule has 0 saturated carbocycles. The van der Waals surface area contributed by atoms with Gasteiger partial charge < -0.3 is 30.2 Å². The van der Waals surface area contributed by atoms with E-state index in [0.29, 0.717) is 40.2 Å². The zero-order valence-corrected chi connectivity index (χ0v) is 35.1. The monoisotopic (exact) mass is 888 g/mol. The van der Waals surface area contributed by atoms with Crippen LogP contribution in [0.15, 0.2) is 53.5 Å². The van der Waals surface area contributed by atoms with Crippen molar-refractivity contribution in [2.45, 2.75) is 89.8 Å². The Morgan fingerprint density at radius 2 is 1.21 bits per heavy atom. The van der Waals surface area contributed by atoms with Gasteiger partial charge >= 0.3 is 19.5 Å². The number of nitrogens with zero attached hydrogens (tertiary/aromatic N) is 4. The van der Waals surface area contributed by atoms with E-state index in [9.17, 15) is 35.9 Å². The molecule has 4 aromatic rings. The van der Waals surface area contributed by atoms with Gasteiger partial charge in [0.05, 0.1) is 43.0 Å². The summed E-state index contributed by atoms with van der Waals surface area (Å²) >= 11 is 3.29. The Labute approximate surface area is 341 Å². The Morgan fingerprint density at radius 1 is 0.759 bits per heavy atom. The molecule has 1 aliphatic rings. The number of benzene rings is 2. The Morgan fingerprint density at radius 3 is 1.64 bits per heavy atom. The third-order valence-electron chi connectivity index (χ3n) is 9.45. The second-order valence-electron chi connectivity index (χ2n) is 14.4. The smallest absolute Gasteiger partial charge is 0.495 e. The molecule has 0 atom stereocenters. The number of nitrogens with two attached hydrogens (primary N) is 2. The highest BCUT2D eigenvalue weighted by Gasteiger charge is 2.52. The number of methoxy groups -OCH3 is 2. The summed E-state index contributed by atoms with van der Waals surface area (Å²) in [6, 6.07) is 6.67. The van der Waals surface area contributed by atoms with E-state index in [1.54, 1.807) is 59.3 Å². The van der Waals surface area contributed by atoms with Crippen LogP contribution in [-0.2, 0) is 45.8 Å². The summed E-state index contributed by atoms with van der Waals surface area (Å²) < 4.78 is 99.0. The summed E-state index contributed by atoms with van der Waals surface area (Å²) in [7, 11) is 6.30. The number of aromatic nitrogens is 4. The molecule has 1 saturated heterocycles. The van der Waals surface area contributed by atoms with E-state index >= 15 is 0 Å². The lowest BCUT2D eigenvalue weighted by Gasteiger charge is -2.32. The van der Waals surface area contributed by atoms with E-state index in [0.717, 1.165) is 27.7 Å². The van der Waals surface area contributed by atoms with E-state index in [1.807, 2.05) is 40.9 Å². The van der Waals surface area contributed by atoms with Gasteiger partial charge in [-0.1, -0.05) is 15.9 Å². The first-order valence-electron chi connectivity index (χ1n) is 17.9. The highest BCUT2D eigenvalue weighted by atomic mass is 79.9. The first-order chi connectivity index (χ1) is 26.8. The van der Waals surface area contributed by atoms with Gasteiger partial charge in [-0.15, -0.1) is 0 Å². The van der Waals surface area contributed by atoms with Crippen LogP contribution >= 0.6 is 15.9 Å². The third kappa shape index (κ3) is 13.0. The lowest BCUT2D eigenvalue weighted by Crippen LogP contribution is -2.41. The van der Waals surface area contributed by atoms with Crippen molar-refractivity contribution in [2.24, 2.45) is 14.1 Å². The van der Waals surface area contributed by atoms with Crippen molar-refractivity contribution >= 4 is 51.5 Å². The SMILES string of the molecule is COc1cc(-c2cnn(C)c2)c(CCCC(=O)C(F)(F)F)cc1N.COc1cc(Br)c(CCCC(=O)C(F)(F)F)cc1N.Cn1cc(B2OC(C)(C)C(C)(C)O2)cn1. The molecule has 12 nitrogen and oxygen atoms in total. The first-order valence-corrected chi connectivity index (χ1v) is 18.7. The van der Waals surface area contributed by atoms with Crippen LogP contribution in [0.3, 0.4) is 0 Å². The molecule has 2 aromatic heterocycles. The van der Waals surface area contributed by atoms with Gasteiger partial charge in [0.2, 0.25) is 11.6 Å². The largest absolute Gasteiger partial charge is 0.498 e. The second kappa shape index (κ2) is 19.5. The van der Waals surface area contributed by atoms with Crippen molar-refractivity contribution in [3.8, 4) is 22.6 Å². The number of Topliss-reactive ketones (excluding diaryl/α,β-unsaturated/α-hetero) is 2. The Hall–Kier alpha value is -4.56. The fraction of sp³-hybridized carbons (Fsp3) is 0.474. The predicted molar refractivity (Wildman–Crippen MR) is 212 cm³/mol. The number of rotatable bonds is 12. The molecule has 4 N–H and O–H groups in total. The van der Waals surface area contributed by atoms with Gasteiger partial charge in [0.15, 0.2) is 0 Å². The molecule has 0 unspecified atom stereocenters. The van der Waals surface area contributed by atoms with Gasteiger partial charge in [-0.25, -0.2) is 0 Å². The molecule has 1 fully saturated rings. The number of halogens is 7. The van der Waals surface area contributed by atoms with Crippen LogP contribution in [0.5, 0.6) is 11.5 Å². The summed E-state index contributed by atoms with van der Waals surface area (Å²) in [5, 5.41) is 8.21. The zero-order valence-electron chi connectivity index (χ0n) is 33.5. The van der Waals surface area contributed by atoms with Crippen molar-refractivity contribution in [2.75, 3.05) is 25.7 Å². The average molecular weight is 890 g/mol. The maximum Gasteiger partial charge on any atom is 0.498 e. The molecular weight excluding hydrogens is 841 g/mol. The van der Waals surface area contributed by atoms with Gasteiger partial charge in [0.25, 0.3) is 0 Å². The predicted octanol–water partition coefficient (Wildman–Crippen LogP) is 7.35. The van der Waals surface area contributed by atoms with Crippen molar-refractivity contribution in [3.63, 3.8) is 0 Å². The van der Waals surface area contributed by atoms with E-state index in [-0.39, 0.29) is 31.2 Å². The molecule has 0 spiro atoms. The number of alkyl halides is 6. The van der Waals surface area contributed by atoms with E-state index < -0.39 is 36.8 Å².